The number of carbonyl (C=O) groups excluding carboxylic acids is 2. The Morgan fingerprint density at radius 2 is 1.90 bits per heavy atom. The predicted molar refractivity (Wildman–Crippen MR) is 147 cm³/mol. The number of carboxylic acids is 1. The van der Waals surface area contributed by atoms with E-state index in [2.05, 4.69) is 5.32 Å². The zero-order valence-electron chi connectivity index (χ0n) is 22.4. The molecule has 0 saturated carbocycles. The SMILES string of the molecule is COP(C)(=O)OCCCCCCNC(=O)c1ccc(C(=O)O)c(C2C3C=CC(=O)C=C3OC3C=C(O)C=CC32)c1. The van der Waals surface area contributed by atoms with Gasteiger partial charge in [-0.2, -0.15) is 0 Å². The van der Waals surface area contributed by atoms with E-state index in [0.717, 1.165) is 25.7 Å². The quantitative estimate of drug-likeness (QED) is 0.235. The van der Waals surface area contributed by atoms with Gasteiger partial charge < -0.3 is 29.3 Å². The summed E-state index contributed by atoms with van der Waals surface area (Å²) in [6.45, 7) is 2.20. The Morgan fingerprint density at radius 1 is 1.12 bits per heavy atom. The summed E-state index contributed by atoms with van der Waals surface area (Å²) in [6, 6.07) is 4.54. The maximum atomic E-state index is 13.0. The van der Waals surface area contributed by atoms with Gasteiger partial charge in [0.1, 0.15) is 17.6 Å². The Kier molecular flexibility index (Phi) is 9.45. The van der Waals surface area contributed by atoms with E-state index in [4.69, 9.17) is 13.8 Å². The van der Waals surface area contributed by atoms with Gasteiger partial charge in [-0.15, -0.1) is 0 Å². The van der Waals surface area contributed by atoms with Crippen molar-refractivity contribution in [3.63, 3.8) is 0 Å². The van der Waals surface area contributed by atoms with Crippen LogP contribution in [0.2, 0.25) is 0 Å². The Balaban J connectivity index is 1.46. The number of amides is 1. The largest absolute Gasteiger partial charge is 0.508 e. The number of hydrogen-bond donors (Lipinski definition) is 3. The number of aromatic carboxylic acids is 1. The van der Waals surface area contributed by atoms with Crippen molar-refractivity contribution >= 4 is 25.3 Å². The average Bonchev–Trinajstić information content (AvgIpc) is 2.92. The number of nitrogens with one attached hydrogen (secondary N) is 1. The first-order chi connectivity index (χ1) is 19.1. The van der Waals surface area contributed by atoms with E-state index < -0.39 is 31.5 Å². The highest BCUT2D eigenvalue weighted by molar-refractivity contribution is 7.52. The van der Waals surface area contributed by atoms with Gasteiger partial charge in [0.2, 0.25) is 0 Å². The molecule has 11 heteroatoms. The van der Waals surface area contributed by atoms with Crippen LogP contribution in [0.5, 0.6) is 0 Å². The average molecular weight is 572 g/mol. The molecule has 1 aromatic rings. The molecule has 2 aliphatic carbocycles. The van der Waals surface area contributed by atoms with Crippen molar-refractivity contribution in [3.8, 4) is 0 Å². The fourth-order valence-electron chi connectivity index (χ4n) is 5.22. The van der Waals surface area contributed by atoms with Gasteiger partial charge >= 0.3 is 13.6 Å². The van der Waals surface area contributed by atoms with E-state index in [1.807, 2.05) is 0 Å². The van der Waals surface area contributed by atoms with E-state index in [9.17, 15) is 29.2 Å². The monoisotopic (exact) mass is 571 g/mol. The van der Waals surface area contributed by atoms with Gasteiger partial charge in [0.05, 0.1) is 12.2 Å². The highest BCUT2D eigenvalue weighted by Crippen LogP contribution is 2.49. The zero-order valence-corrected chi connectivity index (χ0v) is 23.3. The third-order valence-electron chi connectivity index (χ3n) is 7.28. The molecule has 0 spiro atoms. The molecule has 3 aliphatic rings. The molecule has 0 radical (unpaired) electrons. The molecule has 0 bridgehead atoms. The van der Waals surface area contributed by atoms with Gasteiger partial charge in [0.25, 0.3) is 5.91 Å². The van der Waals surface area contributed by atoms with Gasteiger partial charge in [0.15, 0.2) is 5.78 Å². The van der Waals surface area contributed by atoms with Crippen molar-refractivity contribution in [2.75, 3.05) is 26.9 Å². The number of carboxylic acid groups (broad SMARTS) is 1. The smallest absolute Gasteiger partial charge is 0.335 e. The van der Waals surface area contributed by atoms with Gasteiger partial charge in [0, 0.05) is 49.7 Å². The summed E-state index contributed by atoms with van der Waals surface area (Å²) >= 11 is 0. The molecule has 1 aliphatic heterocycles. The maximum Gasteiger partial charge on any atom is 0.335 e. The van der Waals surface area contributed by atoms with Crippen LogP contribution >= 0.6 is 7.60 Å². The highest BCUT2D eigenvalue weighted by Gasteiger charge is 2.45. The normalized spacial score (nSPS) is 24.6. The second-order valence-electron chi connectivity index (χ2n) is 10.0. The molecule has 1 heterocycles. The van der Waals surface area contributed by atoms with Crippen molar-refractivity contribution in [2.45, 2.75) is 37.7 Å². The van der Waals surface area contributed by atoms with Crippen molar-refractivity contribution < 1.29 is 42.9 Å². The van der Waals surface area contributed by atoms with Crippen LogP contribution in [-0.4, -0.2) is 60.9 Å². The predicted octanol–water partition coefficient (Wildman–Crippen LogP) is 4.91. The number of aliphatic hydroxyl groups is 1. The number of ether oxygens (including phenoxy) is 1. The molecule has 1 saturated heterocycles. The van der Waals surface area contributed by atoms with Crippen molar-refractivity contribution in [3.05, 3.63) is 82.9 Å². The molecular formula is C29H34NO9P. The summed E-state index contributed by atoms with van der Waals surface area (Å²) in [6.07, 6.45) is 11.9. The fraction of sp³-hybridized carbons (Fsp3) is 0.414. The number of benzene rings is 1. The van der Waals surface area contributed by atoms with Crippen molar-refractivity contribution in [2.24, 2.45) is 11.8 Å². The lowest BCUT2D eigenvalue weighted by atomic mass is 9.68. The Morgan fingerprint density at radius 3 is 2.65 bits per heavy atom. The molecule has 0 aromatic heterocycles. The van der Waals surface area contributed by atoms with E-state index in [1.165, 1.54) is 38.1 Å². The van der Waals surface area contributed by atoms with Gasteiger partial charge in [-0.1, -0.05) is 25.0 Å². The van der Waals surface area contributed by atoms with Crippen LogP contribution in [0.1, 0.15) is 57.9 Å². The minimum atomic E-state index is -2.97. The lowest BCUT2D eigenvalue weighted by Gasteiger charge is -2.44. The van der Waals surface area contributed by atoms with Crippen LogP contribution in [0.25, 0.3) is 0 Å². The van der Waals surface area contributed by atoms with E-state index in [-0.39, 0.29) is 28.9 Å². The van der Waals surface area contributed by atoms with Crippen LogP contribution in [0.4, 0.5) is 0 Å². The van der Waals surface area contributed by atoms with Crippen LogP contribution in [0.15, 0.2) is 66.2 Å². The van der Waals surface area contributed by atoms with E-state index >= 15 is 0 Å². The number of fused-ring (bicyclic) bond motifs is 2. The summed E-state index contributed by atoms with van der Waals surface area (Å²) in [5.74, 6) is -2.45. The number of unbranched alkanes of at least 4 members (excludes halogenated alkanes) is 3. The number of carbonyl (C=O) groups is 3. The second-order valence-corrected chi connectivity index (χ2v) is 12.2. The third kappa shape index (κ3) is 6.99. The van der Waals surface area contributed by atoms with Crippen LogP contribution in [-0.2, 0) is 23.1 Å². The van der Waals surface area contributed by atoms with Gasteiger partial charge in [-0.3, -0.25) is 14.2 Å². The van der Waals surface area contributed by atoms with Crippen LogP contribution in [0, 0.1) is 11.8 Å². The molecule has 214 valence electrons. The minimum Gasteiger partial charge on any atom is -0.508 e. The van der Waals surface area contributed by atoms with Gasteiger partial charge in [-0.05, 0) is 54.8 Å². The summed E-state index contributed by atoms with van der Waals surface area (Å²) < 4.78 is 27.8. The fourth-order valence-corrected chi connectivity index (χ4v) is 5.78. The van der Waals surface area contributed by atoms with Crippen molar-refractivity contribution in [1.29, 1.82) is 0 Å². The van der Waals surface area contributed by atoms with Crippen molar-refractivity contribution in [1.82, 2.24) is 5.32 Å². The number of aliphatic hydroxyl groups excluding tert-OH is 1. The number of ketones is 1. The van der Waals surface area contributed by atoms with Crippen LogP contribution < -0.4 is 5.32 Å². The number of allylic oxidation sites excluding steroid dienone is 4. The highest BCUT2D eigenvalue weighted by atomic mass is 31.2. The Hall–Kier alpha value is -3.46. The molecule has 1 amide bonds. The lowest BCUT2D eigenvalue weighted by Crippen LogP contribution is -2.40. The van der Waals surface area contributed by atoms with Crippen LogP contribution in [0.3, 0.4) is 0 Å². The maximum absolute atomic E-state index is 13.0. The Bertz CT molecular complexity index is 1330. The van der Waals surface area contributed by atoms with E-state index in [0.29, 0.717) is 30.0 Å². The molecule has 40 heavy (non-hydrogen) atoms. The zero-order chi connectivity index (χ0) is 28.9. The molecule has 5 unspecified atom stereocenters. The summed E-state index contributed by atoms with van der Waals surface area (Å²) in [5, 5.41) is 22.9. The molecule has 1 aromatic carbocycles. The standard InChI is InChI=1S/C29H34NO9P/c1-37-40(2,36)38-14-6-4-3-5-13-30-28(33)18-7-10-21(29(34)35)24(15-18)27-22-11-8-19(31)16-25(22)39-26-17-20(32)9-12-23(26)27/h7-12,15-17,22-23,25,27,31H,3-6,13-14H2,1-2H3,(H,30,33)(H,34,35). The molecule has 5 atom stereocenters. The topological polar surface area (TPSA) is 148 Å². The number of hydrogen-bond acceptors (Lipinski definition) is 8. The molecule has 1 fully saturated rings. The first-order valence-electron chi connectivity index (χ1n) is 13.2. The van der Waals surface area contributed by atoms with Gasteiger partial charge in [-0.25, -0.2) is 4.79 Å². The third-order valence-corrected chi connectivity index (χ3v) is 8.59. The summed E-state index contributed by atoms with van der Waals surface area (Å²) in [7, 11) is -1.62. The second kappa shape index (κ2) is 12.8. The minimum absolute atomic E-state index is 0.0242. The molecule has 4 rings (SSSR count). The Labute approximate surface area is 232 Å². The molecule has 10 nitrogen and oxygen atoms in total. The first kappa shape index (κ1) is 29.5. The lowest BCUT2D eigenvalue weighted by molar-refractivity contribution is -0.111. The number of rotatable bonds is 12. The summed E-state index contributed by atoms with van der Waals surface area (Å²) in [4.78, 5) is 37.3. The van der Waals surface area contributed by atoms with E-state index in [1.54, 1.807) is 30.4 Å². The molecule has 3 N–H and O–H groups in total. The first-order valence-corrected chi connectivity index (χ1v) is 15.2. The molecular weight excluding hydrogens is 537 g/mol. The summed E-state index contributed by atoms with van der Waals surface area (Å²) in [5.41, 5.74) is 0.845.